The maximum Gasteiger partial charge on any atom is 0.346 e. The summed E-state index contributed by atoms with van der Waals surface area (Å²) in [5, 5.41) is 43.3. The largest absolute Gasteiger partial charge is 0.478 e. The molecule has 8 nitrogen and oxygen atoms in total. The number of benzene rings is 5. The Bertz CT molecular complexity index is 1960. The minimum atomic E-state index is -1.42. The molecule has 0 saturated carbocycles. The van der Waals surface area contributed by atoms with Gasteiger partial charge in [0.2, 0.25) is 0 Å². The minimum Gasteiger partial charge on any atom is -0.478 e. The van der Waals surface area contributed by atoms with Crippen molar-refractivity contribution in [1.29, 1.82) is 0 Å². The first kappa shape index (κ1) is 20.8. The molecule has 35 heavy (non-hydrogen) atoms. The summed E-state index contributed by atoms with van der Waals surface area (Å²) in [4.78, 5) is 48.4. The first-order valence-electron chi connectivity index (χ1n) is 10.3. The quantitative estimate of drug-likeness (QED) is 0.183. The summed E-state index contributed by atoms with van der Waals surface area (Å²) in [6.45, 7) is 0. The fourth-order valence-corrected chi connectivity index (χ4v) is 6.25. The Balaban J connectivity index is 2.10. The summed E-state index contributed by atoms with van der Waals surface area (Å²) < 4.78 is 0.422. The number of hydrogen-bond donors (Lipinski definition) is 4. The maximum atomic E-state index is 12.3. The number of hydrogen-bond acceptors (Lipinski definition) is 5. The number of carboxylic acids is 4. The SMILES string of the molecule is O=C(O)c1sc2cc3ccc(C(=O)O)c4c5c(C(=O)O)ccc6cccc(c65)c(c2c1C(=O)O)c34. The van der Waals surface area contributed by atoms with Gasteiger partial charge in [-0.25, -0.2) is 19.2 Å². The predicted octanol–water partition coefficient (Wildman–Crippen LogP) is 5.74. The summed E-state index contributed by atoms with van der Waals surface area (Å²) in [6, 6.07) is 12.8. The molecule has 6 aromatic rings. The van der Waals surface area contributed by atoms with Crippen LogP contribution in [-0.2, 0) is 0 Å². The van der Waals surface area contributed by atoms with Crippen LogP contribution in [0.3, 0.4) is 0 Å². The third-order valence-electron chi connectivity index (χ3n) is 6.39. The van der Waals surface area contributed by atoms with E-state index >= 15 is 0 Å². The molecule has 4 N–H and O–H groups in total. The molecule has 9 heteroatoms. The zero-order chi connectivity index (χ0) is 24.8. The van der Waals surface area contributed by atoms with Gasteiger partial charge in [0.25, 0.3) is 0 Å². The van der Waals surface area contributed by atoms with Crippen LogP contribution in [-0.4, -0.2) is 44.3 Å². The number of carboxylic acid groups (broad SMARTS) is 4. The second kappa shape index (κ2) is 6.87. The Kier molecular flexibility index (Phi) is 4.09. The van der Waals surface area contributed by atoms with Crippen molar-refractivity contribution in [2.45, 2.75) is 0 Å². The Hall–Kier alpha value is -4.76. The van der Waals surface area contributed by atoms with Gasteiger partial charge in [0, 0.05) is 26.2 Å². The van der Waals surface area contributed by atoms with Gasteiger partial charge in [0.05, 0.1) is 16.7 Å². The lowest BCUT2D eigenvalue weighted by Gasteiger charge is -2.18. The van der Waals surface area contributed by atoms with Crippen molar-refractivity contribution in [3.05, 3.63) is 70.1 Å². The van der Waals surface area contributed by atoms with Crippen LogP contribution in [0.5, 0.6) is 0 Å². The summed E-state index contributed by atoms with van der Waals surface area (Å²) in [6.07, 6.45) is 0. The van der Waals surface area contributed by atoms with Gasteiger partial charge in [-0.1, -0.05) is 30.3 Å². The van der Waals surface area contributed by atoms with E-state index in [-0.39, 0.29) is 37.7 Å². The Morgan fingerprint density at radius 1 is 0.571 bits per heavy atom. The van der Waals surface area contributed by atoms with E-state index in [2.05, 4.69) is 0 Å². The average molecular weight is 484 g/mol. The summed E-state index contributed by atoms with van der Waals surface area (Å²) in [5.41, 5.74) is -0.593. The van der Waals surface area contributed by atoms with E-state index in [0.717, 1.165) is 11.3 Å². The van der Waals surface area contributed by atoms with Crippen LogP contribution in [0.4, 0.5) is 0 Å². The molecule has 170 valence electrons. The molecular formula is C26H12O8S. The van der Waals surface area contributed by atoms with Gasteiger partial charge in [-0.15, -0.1) is 11.3 Å². The van der Waals surface area contributed by atoms with Crippen LogP contribution < -0.4 is 0 Å². The molecule has 0 aliphatic carbocycles. The van der Waals surface area contributed by atoms with Crippen LogP contribution in [0.15, 0.2) is 48.5 Å². The average Bonchev–Trinajstić information content (AvgIpc) is 3.20. The zero-order valence-electron chi connectivity index (χ0n) is 17.4. The molecule has 1 heterocycles. The highest BCUT2D eigenvalue weighted by Crippen LogP contribution is 2.48. The second-order valence-corrected chi connectivity index (χ2v) is 9.18. The van der Waals surface area contributed by atoms with E-state index in [4.69, 9.17) is 0 Å². The second-order valence-electron chi connectivity index (χ2n) is 8.13. The number of thiophene rings is 1. The molecule has 0 aliphatic heterocycles. The van der Waals surface area contributed by atoms with Crippen molar-refractivity contribution in [2.75, 3.05) is 0 Å². The predicted molar refractivity (Wildman–Crippen MR) is 131 cm³/mol. The molecule has 0 atom stereocenters. The topological polar surface area (TPSA) is 149 Å². The molecule has 5 aromatic carbocycles. The highest BCUT2D eigenvalue weighted by atomic mass is 32.1. The molecular weight excluding hydrogens is 472 g/mol. The van der Waals surface area contributed by atoms with Crippen molar-refractivity contribution < 1.29 is 39.6 Å². The first-order valence-corrected chi connectivity index (χ1v) is 11.1. The van der Waals surface area contributed by atoms with Gasteiger partial charge < -0.3 is 20.4 Å². The Morgan fingerprint density at radius 2 is 1.20 bits per heavy atom. The highest BCUT2D eigenvalue weighted by molar-refractivity contribution is 7.21. The highest BCUT2D eigenvalue weighted by Gasteiger charge is 2.29. The molecule has 0 amide bonds. The van der Waals surface area contributed by atoms with Gasteiger partial charge in [-0.3, -0.25) is 0 Å². The van der Waals surface area contributed by atoms with Gasteiger partial charge in [-0.05, 0) is 45.1 Å². The maximum absolute atomic E-state index is 12.3. The van der Waals surface area contributed by atoms with Crippen molar-refractivity contribution in [2.24, 2.45) is 0 Å². The molecule has 0 aliphatic rings. The van der Waals surface area contributed by atoms with Crippen LogP contribution in [0.2, 0.25) is 0 Å². The Morgan fingerprint density at radius 3 is 1.80 bits per heavy atom. The smallest absolute Gasteiger partial charge is 0.346 e. The lowest BCUT2D eigenvalue weighted by atomic mass is 9.84. The van der Waals surface area contributed by atoms with Crippen molar-refractivity contribution in [3.63, 3.8) is 0 Å². The molecule has 6 rings (SSSR count). The lowest BCUT2D eigenvalue weighted by molar-refractivity contribution is 0.0658. The van der Waals surface area contributed by atoms with Gasteiger partial charge in [0.1, 0.15) is 4.88 Å². The number of fused-ring (bicyclic) bond motifs is 4. The number of carbonyl (C=O) groups is 4. The van der Waals surface area contributed by atoms with Gasteiger partial charge in [-0.2, -0.15) is 0 Å². The van der Waals surface area contributed by atoms with Crippen molar-refractivity contribution in [3.8, 4) is 0 Å². The number of aromatic carboxylic acids is 4. The third kappa shape index (κ3) is 2.61. The number of rotatable bonds is 4. The van der Waals surface area contributed by atoms with Crippen molar-refractivity contribution >= 4 is 88.4 Å². The lowest BCUT2D eigenvalue weighted by Crippen LogP contribution is -2.05. The molecule has 0 spiro atoms. The molecule has 0 fully saturated rings. The van der Waals surface area contributed by atoms with Crippen LogP contribution in [0.25, 0.3) is 53.2 Å². The fourth-order valence-electron chi connectivity index (χ4n) is 5.16. The molecule has 0 radical (unpaired) electrons. The van der Waals surface area contributed by atoms with E-state index < -0.39 is 23.9 Å². The normalized spacial score (nSPS) is 11.8. The Labute approximate surface area is 198 Å². The molecule has 0 bridgehead atoms. The van der Waals surface area contributed by atoms with Crippen LogP contribution >= 0.6 is 11.3 Å². The van der Waals surface area contributed by atoms with E-state index in [1.165, 1.54) is 12.1 Å². The molecule has 0 unspecified atom stereocenters. The zero-order valence-corrected chi connectivity index (χ0v) is 18.3. The monoisotopic (exact) mass is 484 g/mol. The third-order valence-corrected chi connectivity index (χ3v) is 7.52. The van der Waals surface area contributed by atoms with Gasteiger partial charge in [0.15, 0.2) is 0 Å². The van der Waals surface area contributed by atoms with Crippen LogP contribution in [0.1, 0.15) is 40.7 Å². The molecule has 0 saturated heterocycles. The van der Waals surface area contributed by atoms with E-state index in [0.29, 0.717) is 37.0 Å². The van der Waals surface area contributed by atoms with Crippen molar-refractivity contribution in [1.82, 2.24) is 0 Å². The summed E-state index contributed by atoms with van der Waals surface area (Å²) >= 11 is 0.833. The van der Waals surface area contributed by atoms with E-state index in [1.54, 1.807) is 36.4 Å². The minimum absolute atomic E-state index is 0.0827. The first-order chi connectivity index (χ1) is 16.7. The van der Waals surface area contributed by atoms with E-state index in [1.807, 2.05) is 0 Å². The molecule has 1 aromatic heterocycles. The van der Waals surface area contributed by atoms with E-state index in [9.17, 15) is 39.6 Å². The summed E-state index contributed by atoms with van der Waals surface area (Å²) in [5.74, 6) is -5.30. The summed E-state index contributed by atoms with van der Waals surface area (Å²) in [7, 11) is 0. The van der Waals surface area contributed by atoms with Gasteiger partial charge >= 0.3 is 23.9 Å². The van der Waals surface area contributed by atoms with Crippen LogP contribution in [0, 0.1) is 0 Å². The fraction of sp³-hybridized carbons (Fsp3) is 0. The standard InChI is InChI=1S/C26H12O8S/c27-23(28)12-6-4-9-2-1-3-11-15(9)18(12)19-13(24(29)30)7-5-10-8-14-20(17(11)16(10)19)21(25(31)32)22(35-14)26(33)34/h1-8H,(H,27,28)(H,29,30)(H,31,32)(H,33,34).